The Kier molecular flexibility index (Phi) is 2.18. The Morgan fingerprint density at radius 3 is 2.30 bits per heavy atom. The highest BCUT2D eigenvalue weighted by Gasteiger charge is 2.06. The number of aryl methyl sites for hydroxylation is 1. The fourth-order valence-corrected chi connectivity index (χ4v) is 2.29. The highest BCUT2D eigenvalue weighted by atomic mass is 31.0. The lowest BCUT2D eigenvalue weighted by molar-refractivity contribution is 0.202. The molecule has 10 heavy (non-hydrogen) atoms. The zero-order valence-corrected chi connectivity index (χ0v) is 7.60. The molecule has 0 aromatic carbocycles. The van der Waals surface area contributed by atoms with Crippen molar-refractivity contribution < 1.29 is 5.11 Å². The molecule has 0 fully saturated rings. The molecule has 1 nitrogen and oxygen atoms in total. The number of aliphatic hydroxyl groups is 1. The highest BCUT2D eigenvalue weighted by molar-refractivity contribution is 7.30. The minimum Gasteiger partial charge on any atom is -0.388 e. The van der Waals surface area contributed by atoms with Gasteiger partial charge in [0.05, 0.1) is 6.10 Å². The van der Waals surface area contributed by atoms with Gasteiger partial charge in [-0.2, -0.15) is 0 Å². The average Bonchev–Trinajstić information content (AvgIpc) is 2.14. The van der Waals surface area contributed by atoms with Gasteiger partial charge in [0.1, 0.15) is 0 Å². The second kappa shape index (κ2) is 2.77. The van der Waals surface area contributed by atoms with E-state index in [1.165, 1.54) is 16.4 Å². The van der Waals surface area contributed by atoms with Crippen molar-refractivity contribution >= 4 is 8.19 Å². The van der Waals surface area contributed by atoms with Gasteiger partial charge in [-0.05, 0) is 43.0 Å². The molecule has 1 aromatic rings. The van der Waals surface area contributed by atoms with Crippen LogP contribution in [0.4, 0.5) is 0 Å². The largest absolute Gasteiger partial charge is 0.388 e. The smallest absolute Gasteiger partial charge is 0.0798 e. The van der Waals surface area contributed by atoms with Gasteiger partial charge < -0.3 is 5.11 Å². The lowest BCUT2D eigenvalue weighted by atomic mass is 10.1. The van der Waals surface area contributed by atoms with Gasteiger partial charge in [0.25, 0.3) is 0 Å². The van der Waals surface area contributed by atoms with E-state index in [9.17, 15) is 5.11 Å². The van der Waals surface area contributed by atoms with E-state index in [1.807, 2.05) is 6.92 Å². The molecule has 0 aliphatic carbocycles. The summed E-state index contributed by atoms with van der Waals surface area (Å²) in [6.07, 6.45) is -0.257. The molecule has 0 bridgehead atoms. The first kappa shape index (κ1) is 7.84. The first-order valence-electron chi connectivity index (χ1n) is 3.45. The lowest BCUT2D eigenvalue weighted by Gasteiger charge is -2.02. The summed E-state index contributed by atoms with van der Waals surface area (Å²) in [4.78, 5) is 0. The van der Waals surface area contributed by atoms with Crippen LogP contribution in [0.15, 0.2) is 5.80 Å². The van der Waals surface area contributed by atoms with Gasteiger partial charge in [0.15, 0.2) is 0 Å². The molecule has 0 spiro atoms. The Morgan fingerprint density at radius 1 is 1.50 bits per heavy atom. The number of aliphatic hydroxyl groups excluding tert-OH is 1. The van der Waals surface area contributed by atoms with Crippen LogP contribution >= 0.6 is 8.19 Å². The van der Waals surface area contributed by atoms with Gasteiger partial charge >= 0.3 is 0 Å². The van der Waals surface area contributed by atoms with Crippen LogP contribution in [0.3, 0.4) is 0 Å². The monoisotopic (exact) mass is 156 g/mol. The van der Waals surface area contributed by atoms with Crippen molar-refractivity contribution in [3.8, 4) is 0 Å². The third-order valence-corrected chi connectivity index (χ3v) is 3.54. The molecule has 1 unspecified atom stereocenters. The molecule has 0 saturated heterocycles. The number of rotatable bonds is 1. The molecular formula is C8H13OP. The normalized spacial score (nSPS) is 14.4. The molecule has 0 aliphatic rings. The van der Waals surface area contributed by atoms with Gasteiger partial charge in [0.2, 0.25) is 0 Å². The van der Waals surface area contributed by atoms with Crippen molar-refractivity contribution in [2.45, 2.75) is 26.9 Å². The van der Waals surface area contributed by atoms with E-state index in [1.54, 1.807) is 0 Å². The van der Waals surface area contributed by atoms with E-state index >= 15 is 0 Å². The number of hydrogen-bond donors (Lipinski definition) is 1. The molecule has 2 atom stereocenters. The van der Waals surface area contributed by atoms with Gasteiger partial charge in [0, 0.05) is 0 Å². The van der Waals surface area contributed by atoms with Crippen LogP contribution in [0.1, 0.15) is 29.4 Å². The van der Waals surface area contributed by atoms with Gasteiger partial charge in [-0.25, -0.2) is 0 Å². The standard InChI is InChI=1S/C8H13OP/c1-5-4-10-8(6(5)2)7(3)9/h4,7,9-10H,1-3H3/t7-/m0/s1. The third-order valence-electron chi connectivity index (χ3n) is 1.86. The van der Waals surface area contributed by atoms with Crippen LogP contribution in [0.2, 0.25) is 0 Å². The van der Waals surface area contributed by atoms with Crippen molar-refractivity contribution in [2.75, 3.05) is 0 Å². The molecular weight excluding hydrogens is 143 g/mol. The molecule has 0 radical (unpaired) electrons. The molecule has 0 amide bonds. The Balaban J connectivity index is 3.05. The van der Waals surface area contributed by atoms with Crippen molar-refractivity contribution in [3.63, 3.8) is 0 Å². The lowest BCUT2D eigenvalue weighted by Crippen LogP contribution is -1.88. The molecule has 1 rings (SSSR count). The topological polar surface area (TPSA) is 20.2 Å². The maximum Gasteiger partial charge on any atom is 0.0798 e. The quantitative estimate of drug-likeness (QED) is 0.661. The number of hydrogen-bond acceptors (Lipinski definition) is 1. The SMILES string of the molecule is Cc1c[pH]c([C@H](C)O)c1C. The Bertz CT molecular complexity index is 225. The second-order valence-corrected chi connectivity index (χ2v) is 3.80. The summed E-state index contributed by atoms with van der Waals surface area (Å²) in [6, 6.07) is 0. The molecule has 1 heterocycles. The Labute approximate surface area is 63.2 Å². The predicted octanol–water partition coefficient (Wildman–Crippen LogP) is 2.39. The van der Waals surface area contributed by atoms with Crippen molar-refractivity contribution in [3.05, 3.63) is 22.2 Å². The van der Waals surface area contributed by atoms with Gasteiger partial charge in [-0.3, -0.25) is 0 Å². The minimum absolute atomic E-state index is 0.257. The summed E-state index contributed by atoms with van der Waals surface area (Å²) < 4.78 is 0. The van der Waals surface area contributed by atoms with E-state index in [2.05, 4.69) is 19.6 Å². The molecule has 1 aromatic heterocycles. The third kappa shape index (κ3) is 1.25. The minimum atomic E-state index is -0.257. The van der Waals surface area contributed by atoms with E-state index in [-0.39, 0.29) is 6.10 Å². The van der Waals surface area contributed by atoms with E-state index in [0.29, 0.717) is 8.19 Å². The summed E-state index contributed by atoms with van der Waals surface area (Å²) in [5.41, 5.74) is 2.61. The van der Waals surface area contributed by atoms with Gasteiger partial charge in [-0.1, -0.05) is 0 Å². The highest BCUT2D eigenvalue weighted by Crippen LogP contribution is 2.30. The molecule has 2 heteroatoms. The van der Waals surface area contributed by atoms with E-state index in [0.717, 1.165) is 0 Å². The van der Waals surface area contributed by atoms with Crippen LogP contribution in [0, 0.1) is 13.8 Å². The van der Waals surface area contributed by atoms with Gasteiger partial charge in [-0.15, -0.1) is 8.19 Å². The van der Waals surface area contributed by atoms with Crippen molar-refractivity contribution in [1.29, 1.82) is 0 Å². The van der Waals surface area contributed by atoms with E-state index < -0.39 is 0 Å². The zero-order chi connectivity index (χ0) is 7.72. The Hall–Kier alpha value is -0.260. The first-order valence-corrected chi connectivity index (χ1v) is 4.53. The summed E-state index contributed by atoms with van der Waals surface area (Å²) in [5, 5.41) is 10.5. The molecule has 0 aliphatic heterocycles. The fourth-order valence-electron chi connectivity index (χ4n) is 1.05. The molecule has 0 saturated carbocycles. The maximum atomic E-state index is 9.26. The van der Waals surface area contributed by atoms with Crippen molar-refractivity contribution in [1.82, 2.24) is 0 Å². The summed E-state index contributed by atoms with van der Waals surface area (Å²) in [5.74, 6) is 2.19. The molecule has 56 valence electrons. The van der Waals surface area contributed by atoms with Crippen LogP contribution in [-0.2, 0) is 0 Å². The van der Waals surface area contributed by atoms with Crippen LogP contribution in [0.25, 0.3) is 0 Å². The van der Waals surface area contributed by atoms with Crippen LogP contribution in [-0.4, -0.2) is 5.11 Å². The fraction of sp³-hybridized carbons (Fsp3) is 0.500. The Morgan fingerprint density at radius 2 is 2.10 bits per heavy atom. The summed E-state index contributed by atoms with van der Waals surface area (Å²) in [7, 11) is 0.708. The van der Waals surface area contributed by atoms with E-state index in [4.69, 9.17) is 0 Å². The van der Waals surface area contributed by atoms with Crippen molar-refractivity contribution in [2.24, 2.45) is 0 Å². The second-order valence-electron chi connectivity index (χ2n) is 2.69. The van der Waals surface area contributed by atoms with Crippen LogP contribution in [0.5, 0.6) is 0 Å². The van der Waals surface area contributed by atoms with Crippen LogP contribution < -0.4 is 0 Å². The average molecular weight is 156 g/mol. The first-order chi connectivity index (χ1) is 4.63. The maximum absolute atomic E-state index is 9.26. The predicted molar refractivity (Wildman–Crippen MR) is 46.1 cm³/mol. The summed E-state index contributed by atoms with van der Waals surface area (Å²) >= 11 is 0. The zero-order valence-electron chi connectivity index (χ0n) is 6.60. The summed E-state index contributed by atoms with van der Waals surface area (Å²) in [6.45, 7) is 6.00. The molecule has 1 N–H and O–H groups in total.